The average molecular weight is 242 g/mol. The molecule has 5 heteroatoms. The van der Waals surface area contributed by atoms with Gasteiger partial charge < -0.3 is 5.32 Å². The van der Waals surface area contributed by atoms with E-state index in [-0.39, 0.29) is 11.8 Å². The minimum Gasteiger partial charge on any atom is -0.310 e. The van der Waals surface area contributed by atoms with Gasteiger partial charge in [0, 0.05) is 31.2 Å². The van der Waals surface area contributed by atoms with E-state index in [1.807, 2.05) is 19.1 Å². The van der Waals surface area contributed by atoms with E-state index in [0.29, 0.717) is 6.42 Å². The fourth-order valence-electron chi connectivity index (χ4n) is 1.29. The molecule has 0 aliphatic rings. The van der Waals surface area contributed by atoms with Gasteiger partial charge in [-0.3, -0.25) is 4.98 Å². The number of pyridine rings is 1. The second-order valence-corrected chi connectivity index (χ2v) is 6.32. The lowest BCUT2D eigenvalue weighted by atomic mass is 10.2. The van der Waals surface area contributed by atoms with Crippen LogP contribution >= 0.6 is 0 Å². The maximum Gasteiger partial charge on any atom is 0.147 e. The number of aromatic nitrogens is 1. The molecule has 0 fully saturated rings. The minimum absolute atomic E-state index is 0.190. The molecule has 1 N–H and O–H groups in total. The Morgan fingerprint density at radius 2 is 2.25 bits per heavy atom. The van der Waals surface area contributed by atoms with Gasteiger partial charge in [0.1, 0.15) is 9.84 Å². The van der Waals surface area contributed by atoms with Crippen LogP contribution in [0.3, 0.4) is 0 Å². The lowest BCUT2D eigenvalue weighted by molar-refractivity contribution is 0.527. The zero-order valence-electron chi connectivity index (χ0n) is 9.68. The third-order valence-electron chi connectivity index (χ3n) is 2.30. The van der Waals surface area contributed by atoms with Crippen molar-refractivity contribution < 1.29 is 8.42 Å². The highest BCUT2D eigenvalue weighted by Crippen LogP contribution is 1.99. The van der Waals surface area contributed by atoms with Crippen LogP contribution in [0.25, 0.3) is 0 Å². The van der Waals surface area contributed by atoms with Gasteiger partial charge in [0.15, 0.2) is 0 Å². The van der Waals surface area contributed by atoms with Crippen molar-refractivity contribution in [3.63, 3.8) is 0 Å². The summed E-state index contributed by atoms with van der Waals surface area (Å²) in [5, 5.41) is 3.27. The van der Waals surface area contributed by atoms with Gasteiger partial charge in [-0.1, -0.05) is 6.07 Å². The van der Waals surface area contributed by atoms with Gasteiger partial charge in [-0.05, 0) is 25.0 Å². The van der Waals surface area contributed by atoms with Crippen molar-refractivity contribution in [2.24, 2.45) is 0 Å². The van der Waals surface area contributed by atoms with E-state index < -0.39 is 9.84 Å². The van der Waals surface area contributed by atoms with Crippen molar-refractivity contribution in [2.45, 2.75) is 25.9 Å². The molecule has 1 heterocycles. The summed E-state index contributed by atoms with van der Waals surface area (Å²) in [6.07, 6.45) is 5.44. The van der Waals surface area contributed by atoms with Crippen molar-refractivity contribution in [1.29, 1.82) is 0 Å². The zero-order chi connectivity index (χ0) is 12.0. The van der Waals surface area contributed by atoms with E-state index in [1.54, 1.807) is 12.4 Å². The number of nitrogens with zero attached hydrogens (tertiary/aromatic N) is 1. The summed E-state index contributed by atoms with van der Waals surface area (Å²) in [5.41, 5.74) is 1.11. The molecular weight excluding hydrogens is 224 g/mol. The Morgan fingerprint density at radius 3 is 2.81 bits per heavy atom. The summed E-state index contributed by atoms with van der Waals surface area (Å²) < 4.78 is 21.9. The summed E-state index contributed by atoms with van der Waals surface area (Å²) in [4.78, 5) is 4.01. The van der Waals surface area contributed by atoms with Gasteiger partial charge >= 0.3 is 0 Å². The first-order valence-corrected chi connectivity index (χ1v) is 7.33. The van der Waals surface area contributed by atoms with Crippen molar-refractivity contribution in [1.82, 2.24) is 10.3 Å². The van der Waals surface area contributed by atoms with Crippen molar-refractivity contribution in [2.75, 3.05) is 12.0 Å². The topological polar surface area (TPSA) is 59.1 Å². The smallest absolute Gasteiger partial charge is 0.147 e. The predicted octanol–water partition coefficient (Wildman–Crippen LogP) is 0.994. The van der Waals surface area contributed by atoms with Crippen LogP contribution in [0, 0.1) is 0 Å². The second-order valence-electron chi connectivity index (χ2n) is 4.06. The first-order chi connectivity index (χ1) is 7.47. The molecule has 1 atom stereocenters. The molecule has 0 aliphatic heterocycles. The maximum absolute atomic E-state index is 11.0. The molecule has 0 bridgehead atoms. The second kappa shape index (κ2) is 5.96. The Morgan fingerprint density at radius 1 is 1.50 bits per heavy atom. The number of hydrogen-bond acceptors (Lipinski definition) is 4. The Balaban J connectivity index is 2.28. The number of sulfone groups is 1. The number of rotatable bonds is 6. The molecule has 0 aliphatic carbocycles. The van der Waals surface area contributed by atoms with E-state index in [4.69, 9.17) is 0 Å². The molecule has 1 aromatic rings. The molecule has 0 radical (unpaired) electrons. The van der Waals surface area contributed by atoms with Gasteiger partial charge in [-0.25, -0.2) is 8.42 Å². The summed E-state index contributed by atoms with van der Waals surface area (Å²) >= 11 is 0. The molecular formula is C11H18N2O2S. The van der Waals surface area contributed by atoms with Crippen LogP contribution in [0.4, 0.5) is 0 Å². The van der Waals surface area contributed by atoms with Crippen LogP contribution in [0.15, 0.2) is 24.5 Å². The minimum atomic E-state index is -2.85. The molecule has 90 valence electrons. The molecule has 0 aromatic carbocycles. The van der Waals surface area contributed by atoms with Crippen LogP contribution in [0.5, 0.6) is 0 Å². The fraction of sp³-hybridized carbons (Fsp3) is 0.545. The first-order valence-electron chi connectivity index (χ1n) is 5.27. The van der Waals surface area contributed by atoms with E-state index in [0.717, 1.165) is 12.1 Å². The SMILES string of the molecule is CC(CCS(C)(=O)=O)NCc1cccnc1. The summed E-state index contributed by atoms with van der Waals surface area (Å²) in [6, 6.07) is 4.07. The van der Waals surface area contributed by atoms with Crippen molar-refractivity contribution in [3.8, 4) is 0 Å². The Hall–Kier alpha value is -0.940. The molecule has 0 spiro atoms. The van der Waals surface area contributed by atoms with E-state index in [1.165, 1.54) is 6.26 Å². The lowest BCUT2D eigenvalue weighted by Gasteiger charge is -2.12. The van der Waals surface area contributed by atoms with Crippen molar-refractivity contribution in [3.05, 3.63) is 30.1 Å². The highest BCUT2D eigenvalue weighted by Gasteiger charge is 2.07. The third kappa shape index (κ3) is 5.82. The summed E-state index contributed by atoms with van der Waals surface area (Å²) in [6.45, 7) is 2.71. The normalized spacial score (nSPS) is 13.6. The maximum atomic E-state index is 11.0. The average Bonchev–Trinajstić information content (AvgIpc) is 2.24. The van der Waals surface area contributed by atoms with Crippen LogP contribution in [-0.2, 0) is 16.4 Å². The summed E-state index contributed by atoms with van der Waals surface area (Å²) in [7, 11) is -2.85. The Labute approximate surface area is 97.0 Å². The van der Waals surface area contributed by atoms with Gasteiger partial charge in [0.05, 0.1) is 5.75 Å². The van der Waals surface area contributed by atoms with Crippen LogP contribution in [-0.4, -0.2) is 31.5 Å². The Bertz CT molecular complexity index is 403. The third-order valence-corrected chi connectivity index (χ3v) is 3.28. The lowest BCUT2D eigenvalue weighted by Crippen LogP contribution is -2.27. The monoisotopic (exact) mass is 242 g/mol. The van der Waals surface area contributed by atoms with E-state index in [2.05, 4.69) is 10.3 Å². The molecule has 0 saturated heterocycles. The molecule has 0 amide bonds. The number of hydrogen-bond donors (Lipinski definition) is 1. The highest BCUT2D eigenvalue weighted by atomic mass is 32.2. The molecule has 1 rings (SSSR count). The molecule has 1 unspecified atom stereocenters. The molecule has 16 heavy (non-hydrogen) atoms. The van der Waals surface area contributed by atoms with Crippen LogP contribution in [0.1, 0.15) is 18.9 Å². The largest absolute Gasteiger partial charge is 0.310 e. The zero-order valence-corrected chi connectivity index (χ0v) is 10.5. The molecule has 1 aromatic heterocycles. The Kier molecular flexibility index (Phi) is 4.89. The van der Waals surface area contributed by atoms with Crippen LogP contribution < -0.4 is 5.32 Å². The van der Waals surface area contributed by atoms with E-state index in [9.17, 15) is 8.42 Å². The van der Waals surface area contributed by atoms with Gasteiger partial charge in [0.25, 0.3) is 0 Å². The van der Waals surface area contributed by atoms with Crippen molar-refractivity contribution >= 4 is 9.84 Å². The predicted molar refractivity (Wildman–Crippen MR) is 64.9 cm³/mol. The van der Waals surface area contributed by atoms with Gasteiger partial charge in [0.2, 0.25) is 0 Å². The highest BCUT2D eigenvalue weighted by molar-refractivity contribution is 7.90. The fourth-order valence-corrected chi connectivity index (χ4v) is 2.07. The molecule has 4 nitrogen and oxygen atoms in total. The molecule has 0 saturated carbocycles. The van der Waals surface area contributed by atoms with Gasteiger partial charge in [-0.2, -0.15) is 0 Å². The number of nitrogens with one attached hydrogen (secondary N) is 1. The van der Waals surface area contributed by atoms with Gasteiger partial charge in [-0.15, -0.1) is 0 Å². The quantitative estimate of drug-likeness (QED) is 0.808. The standard InChI is InChI=1S/C11H18N2O2S/c1-10(5-7-16(2,14)15)13-9-11-4-3-6-12-8-11/h3-4,6,8,10,13H,5,7,9H2,1-2H3. The summed E-state index contributed by atoms with van der Waals surface area (Å²) in [5.74, 6) is 0.230. The first kappa shape index (κ1) is 13.1. The van der Waals surface area contributed by atoms with E-state index >= 15 is 0 Å². The van der Waals surface area contributed by atoms with Crippen LogP contribution in [0.2, 0.25) is 0 Å².